The van der Waals surface area contributed by atoms with Crippen LogP contribution in [0.4, 0.5) is 0 Å². The van der Waals surface area contributed by atoms with Crippen molar-refractivity contribution in [3.63, 3.8) is 0 Å². The summed E-state index contributed by atoms with van der Waals surface area (Å²) in [4.78, 5) is 0. The van der Waals surface area contributed by atoms with Crippen molar-refractivity contribution in [3.05, 3.63) is 0 Å². The third-order valence-electron chi connectivity index (χ3n) is 5.42. The Hall–Kier alpha value is 0.230. The minimum absolute atomic E-state index is 0.0185. The highest BCUT2D eigenvalue weighted by atomic mass is 32.2. The zero-order valence-corrected chi connectivity index (χ0v) is 12.7. The van der Waals surface area contributed by atoms with Gasteiger partial charge < -0.3 is 14.6 Å². The molecule has 0 radical (unpaired) electrons. The molecule has 0 bridgehead atoms. The SMILES string of the molecule is COC1(CC(O)C2CCOC3(CCSC3)C2)CCC1. The van der Waals surface area contributed by atoms with Gasteiger partial charge in [0, 0.05) is 25.9 Å². The van der Waals surface area contributed by atoms with Crippen LogP contribution >= 0.6 is 11.8 Å². The fraction of sp³-hybridized carbons (Fsp3) is 1.00. The van der Waals surface area contributed by atoms with Crippen molar-refractivity contribution < 1.29 is 14.6 Å². The highest BCUT2D eigenvalue weighted by Gasteiger charge is 2.45. The molecule has 3 fully saturated rings. The lowest BCUT2D eigenvalue weighted by Gasteiger charge is -2.45. The molecule has 1 saturated carbocycles. The molecule has 0 aromatic carbocycles. The van der Waals surface area contributed by atoms with Gasteiger partial charge in [-0.1, -0.05) is 0 Å². The highest BCUT2D eigenvalue weighted by molar-refractivity contribution is 7.99. The van der Waals surface area contributed by atoms with Crippen molar-refractivity contribution in [2.24, 2.45) is 5.92 Å². The van der Waals surface area contributed by atoms with Gasteiger partial charge in [0.25, 0.3) is 0 Å². The number of hydrogen-bond donors (Lipinski definition) is 1. The number of thioether (sulfide) groups is 1. The summed E-state index contributed by atoms with van der Waals surface area (Å²) in [6.07, 6.45) is 7.29. The fourth-order valence-corrected chi connectivity index (χ4v) is 5.25. The molecule has 2 aliphatic heterocycles. The smallest absolute Gasteiger partial charge is 0.0783 e. The number of hydrogen-bond acceptors (Lipinski definition) is 4. The van der Waals surface area contributed by atoms with E-state index in [2.05, 4.69) is 0 Å². The Balaban J connectivity index is 1.58. The largest absolute Gasteiger partial charge is 0.393 e. The summed E-state index contributed by atoms with van der Waals surface area (Å²) in [5.41, 5.74) is 0.0592. The van der Waals surface area contributed by atoms with Gasteiger partial charge in [-0.3, -0.25) is 0 Å². The molecule has 3 unspecified atom stereocenters. The van der Waals surface area contributed by atoms with Gasteiger partial charge in [-0.25, -0.2) is 0 Å². The van der Waals surface area contributed by atoms with E-state index in [4.69, 9.17) is 9.47 Å². The third-order valence-corrected chi connectivity index (χ3v) is 6.64. The Morgan fingerprint density at radius 2 is 2.26 bits per heavy atom. The molecule has 1 spiro atoms. The molecule has 1 aliphatic carbocycles. The molecular formula is C15H26O3S. The van der Waals surface area contributed by atoms with Crippen LogP contribution in [-0.4, -0.2) is 47.6 Å². The maximum absolute atomic E-state index is 10.6. The van der Waals surface area contributed by atoms with E-state index in [9.17, 15) is 5.11 Å². The van der Waals surface area contributed by atoms with Crippen molar-refractivity contribution in [1.29, 1.82) is 0 Å². The Morgan fingerprint density at radius 1 is 1.42 bits per heavy atom. The number of rotatable bonds is 4. The first-order chi connectivity index (χ1) is 9.17. The molecule has 0 aromatic rings. The lowest BCUT2D eigenvalue weighted by atomic mass is 9.72. The van der Waals surface area contributed by atoms with E-state index < -0.39 is 0 Å². The molecule has 110 valence electrons. The van der Waals surface area contributed by atoms with Gasteiger partial charge in [-0.05, 0) is 50.2 Å². The number of methoxy groups -OCH3 is 1. The van der Waals surface area contributed by atoms with Crippen LogP contribution < -0.4 is 0 Å². The average Bonchev–Trinajstić information content (AvgIpc) is 2.81. The summed E-state index contributed by atoms with van der Waals surface area (Å²) in [7, 11) is 1.80. The Labute approximate surface area is 120 Å². The second-order valence-electron chi connectivity index (χ2n) is 6.60. The van der Waals surface area contributed by atoms with Crippen molar-refractivity contribution >= 4 is 11.8 Å². The third kappa shape index (κ3) is 2.82. The van der Waals surface area contributed by atoms with Crippen LogP contribution in [0.3, 0.4) is 0 Å². The van der Waals surface area contributed by atoms with E-state index in [1.54, 1.807) is 7.11 Å². The van der Waals surface area contributed by atoms with Crippen molar-refractivity contribution in [3.8, 4) is 0 Å². The molecule has 0 aromatic heterocycles. The van der Waals surface area contributed by atoms with Gasteiger partial charge in [-0.15, -0.1) is 0 Å². The lowest BCUT2D eigenvalue weighted by Crippen LogP contribution is -2.47. The summed E-state index contributed by atoms with van der Waals surface area (Å²) >= 11 is 2.00. The molecule has 19 heavy (non-hydrogen) atoms. The summed E-state index contributed by atoms with van der Waals surface area (Å²) in [5, 5.41) is 10.6. The van der Waals surface area contributed by atoms with E-state index in [-0.39, 0.29) is 17.3 Å². The van der Waals surface area contributed by atoms with Crippen LogP contribution in [0.1, 0.15) is 44.9 Å². The van der Waals surface area contributed by atoms with Gasteiger partial charge in [-0.2, -0.15) is 11.8 Å². The second kappa shape index (κ2) is 5.55. The van der Waals surface area contributed by atoms with E-state index in [1.165, 1.54) is 12.2 Å². The van der Waals surface area contributed by atoms with E-state index >= 15 is 0 Å². The van der Waals surface area contributed by atoms with E-state index in [1.807, 2.05) is 11.8 Å². The highest BCUT2D eigenvalue weighted by Crippen LogP contribution is 2.45. The van der Waals surface area contributed by atoms with Crippen LogP contribution in [0.5, 0.6) is 0 Å². The molecule has 2 heterocycles. The van der Waals surface area contributed by atoms with Gasteiger partial charge in [0.1, 0.15) is 0 Å². The van der Waals surface area contributed by atoms with Gasteiger partial charge >= 0.3 is 0 Å². The Morgan fingerprint density at radius 3 is 2.84 bits per heavy atom. The predicted octanol–water partition coefficient (Wildman–Crippen LogP) is 2.61. The predicted molar refractivity (Wildman–Crippen MR) is 77.6 cm³/mol. The van der Waals surface area contributed by atoms with Crippen molar-refractivity contribution in [2.45, 2.75) is 62.3 Å². The maximum Gasteiger partial charge on any atom is 0.0783 e. The minimum atomic E-state index is -0.216. The molecule has 4 heteroatoms. The summed E-state index contributed by atoms with van der Waals surface area (Å²) in [6, 6.07) is 0. The Bertz CT molecular complexity index is 305. The molecule has 3 nitrogen and oxygen atoms in total. The van der Waals surface area contributed by atoms with Crippen LogP contribution in [0.15, 0.2) is 0 Å². The minimum Gasteiger partial charge on any atom is -0.393 e. The van der Waals surface area contributed by atoms with E-state index in [0.717, 1.165) is 50.9 Å². The van der Waals surface area contributed by atoms with Crippen LogP contribution in [0, 0.1) is 5.92 Å². The summed E-state index contributed by atoms with van der Waals surface area (Å²) < 4.78 is 11.7. The lowest BCUT2D eigenvalue weighted by molar-refractivity contribution is -0.134. The first kappa shape index (κ1) is 14.2. The van der Waals surface area contributed by atoms with Crippen molar-refractivity contribution in [1.82, 2.24) is 0 Å². The normalized spacial score (nSPS) is 39.2. The van der Waals surface area contributed by atoms with Crippen LogP contribution in [0.2, 0.25) is 0 Å². The zero-order valence-electron chi connectivity index (χ0n) is 11.9. The zero-order chi connectivity index (χ0) is 13.3. The van der Waals surface area contributed by atoms with Crippen LogP contribution in [-0.2, 0) is 9.47 Å². The number of ether oxygens (including phenoxy) is 2. The first-order valence-electron chi connectivity index (χ1n) is 7.62. The maximum atomic E-state index is 10.6. The number of aliphatic hydroxyl groups is 1. The quantitative estimate of drug-likeness (QED) is 0.862. The molecule has 2 saturated heterocycles. The summed E-state index contributed by atoms with van der Waals surface area (Å²) in [5.74, 6) is 2.73. The van der Waals surface area contributed by atoms with Crippen molar-refractivity contribution in [2.75, 3.05) is 25.2 Å². The Kier molecular flexibility index (Phi) is 4.14. The van der Waals surface area contributed by atoms with Crippen LogP contribution in [0.25, 0.3) is 0 Å². The molecule has 1 N–H and O–H groups in total. The van der Waals surface area contributed by atoms with E-state index in [0.29, 0.717) is 5.92 Å². The molecule has 3 aliphatic rings. The standard InChI is InChI=1S/C15H26O3S/c1-17-14(4-2-5-14)10-13(16)12-3-7-18-15(9-12)6-8-19-11-15/h12-13,16H,2-11H2,1H3. The van der Waals surface area contributed by atoms with Gasteiger partial charge in [0.2, 0.25) is 0 Å². The average molecular weight is 286 g/mol. The first-order valence-corrected chi connectivity index (χ1v) is 8.77. The fourth-order valence-electron chi connectivity index (χ4n) is 3.87. The summed E-state index contributed by atoms with van der Waals surface area (Å²) in [6.45, 7) is 0.822. The second-order valence-corrected chi connectivity index (χ2v) is 7.70. The molecule has 3 rings (SSSR count). The number of aliphatic hydroxyl groups excluding tert-OH is 1. The topological polar surface area (TPSA) is 38.7 Å². The van der Waals surface area contributed by atoms with Gasteiger partial charge in [0.15, 0.2) is 0 Å². The molecular weight excluding hydrogens is 260 g/mol. The monoisotopic (exact) mass is 286 g/mol. The van der Waals surface area contributed by atoms with Gasteiger partial charge in [0.05, 0.1) is 17.3 Å². The molecule has 3 atom stereocenters. The molecule has 0 amide bonds.